The zero-order chi connectivity index (χ0) is 16.2. The lowest BCUT2D eigenvalue weighted by atomic mass is 10.1. The molecule has 0 radical (unpaired) electrons. The maximum absolute atomic E-state index is 12.5. The Bertz CT molecular complexity index is 833. The second-order valence-corrected chi connectivity index (χ2v) is 7.19. The molecule has 0 bridgehead atoms. The van der Waals surface area contributed by atoms with Gasteiger partial charge in [-0.05, 0) is 48.1 Å². The minimum absolute atomic E-state index is 0.198. The van der Waals surface area contributed by atoms with Crippen LogP contribution in [0.1, 0.15) is 9.67 Å². The Balaban J connectivity index is 1.86. The number of amides is 1. The molecular weight excluding hydrogens is 394 g/mol. The molecule has 3 aromatic rings. The van der Waals surface area contributed by atoms with Gasteiger partial charge in [-0.2, -0.15) is 0 Å². The third-order valence-corrected chi connectivity index (χ3v) is 5.12. The van der Waals surface area contributed by atoms with Crippen LogP contribution in [-0.2, 0) is 0 Å². The number of thioether (sulfide) groups is 1. The highest BCUT2D eigenvalue weighted by molar-refractivity contribution is 9.10. The van der Waals surface area contributed by atoms with Gasteiger partial charge in [-0.15, -0.1) is 16.9 Å². The lowest BCUT2D eigenvalue weighted by Crippen LogP contribution is -2.11. The highest BCUT2D eigenvalue weighted by Crippen LogP contribution is 2.27. The molecule has 0 unspecified atom stereocenters. The Hall–Kier alpha value is -1.70. The number of hydrogen-bond donors (Lipinski definition) is 1. The van der Waals surface area contributed by atoms with Crippen LogP contribution in [0.5, 0.6) is 0 Å². The molecule has 0 fully saturated rings. The molecule has 1 amide bonds. The molecule has 0 atom stereocenters. The van der Waals surface area contributed by atoms with Crippen molar-refractivity contribution in [3.8, 4) is 11.3 Å². The molecular formula is C16H12BrN3OS2. The van der Waals surface area contributed by atoms with Crippen molar-refractivity contribution in [3.63, 3.8) is 0 Å². The molecule has 4 nitrogen and oxygen atoms in total. The van der Waals surface area contributed by atoms with Crippen molar-refractivity contribution >= 4 is 50.8 Å². The molecule has 1 N–H and O–H groups in total. The molecule has 0 aliphatic heterocycles. The first-order valence-electron chi connectivity index (χ1n) is 6.71. The average molecular weight is 406 g/mol. The van der Waals surface area contributed by atoms with Gasteiger partial charge in [0.05, 0.1) is 0 Å². The number of hydrogen-bond acceptors (Lipinski definition) is 5. The Morgan fingerprint density at radius 3 is 2.74 bits per heavy atom. The van der Waals surface area contributed by atoms with E-state index < -0.39 is 0 Å². The van der Waals surface area contributed by atoms with E-state index in [4.69, 9.17) is 0 Å². The Morgan fingerprint density at radius 2 is 2.00 bits per heavy atom. The largest absolute Gasteiger partial charge is 0.321 e. The van der Waals surface area contributed by atoms with Crippen LogP contribution in [0.15, 0.2) is 57.9 Å². The van der Waals surface area contributed by atoms with Gasteiger partial charge < -0.3 is 5.32 Å². The molecule has 0 aliphatic carbocycles. The van der Waals surface area contributed by atoms with Crippen LogP contribution in [0.25, 0.3) is 11.3 Å². The van der Waals surface area contributed by atoms with E-state index in [1.165, 1.54) is 0 Å². The van der Waals surface area contributed by atoms with Crippen molar-refractivity contribution in [2.45, 2.75) is 4.90 Å². The molecule has 7 heteroatoms. The van der Waals surface area contributed by atoms with Crippen molar-refractivity contribution in [1.82, 2.24) is 9.59 Å². The van der Waals surface area contributed by atoms with E-state index in [1.807, 2.05) is 54.8 Å². The third-order valence-electron chi connectivity index (χ3n) is 3.14. The number of halogens is 1. The Morgan fingerprint density at radius 1 is 1.22 bits per heavy atom. The highest BCUT2D eigenvalue weighted by atomic mass is 79.9. The van der Waals surface area contributed by atoms with E-state index in [9.17, 15) is 4.79 Å². The molecule has 23 heavy (non-hydrogen) atoms. The van der Waals surface area contributed by atoms with Crippen molar-refractivity contribution < 1.29 is 4.79 Å². The summed E-state index contributed by atoms with van der Waals surface area (Å²) in [4.78, 5) is 14.1. The lowest BCUT2D eigenvalue weighted by Gasteiger charge is -2.06. The summed E-state index contributed by atoms with van der Waals surface area (Å²) in [6.07, 6.45) is 2.00. The lowest BCUT2D eigenvalue weighted by molar-refractivity contribution is 0.103. The summed E-state index contributed by atoms with van der Waals surface area (Å²) in [6.45, 7) is 0. The van der Waals surface area contributed by atoms with Gasteiger partial charge in [-0.3, -0.25) is 4.79 Å². The van der Waals surface area contributed by atoms with Gasteiger partial charge in [-0.25, -0.2) is 0 Å². The molecule has 3 rings (SSSR count). The van der Waals surface area contributed by atoms with E-state index in [-0.39, 0.29) is 5.91 Å². The number of anilines is 1. The monoisotopic (exact) mass is 405 g/mol. The van der Waals surface area contributed by atoms with Crippen molar-refractivity contribution in [2.24, 2.45) is 0 Å². The summed E-state index contributed by atoms with van der Waals surface area (Å²) < 4.78 is 4.91. The molecule has 0 saturated heterocycles. The van der Waals surface area contributed by atoms with Gasteiger partial charge in [0.25, 0.3) is 5.91 Å². The minimum Gasteiger partial charge on any atom is -0.321 e. The molecule has 0 spiro atoms. The van der Waals surface area contributed by atoms with E-state index >= 15 is 0 Å². The summed E-state index contributed by atoms with van der Waals surface area (Å²) in [5.41, 5.74) is 2.22. The number of aromatic nitrogens is 2. The van der Waals surface area contributed by atoms with Gasteiger partial charge in [-0.1, -0.05) is 38.6 Å². The number of benzene rings is 2. The van der Waals surface area contributed by atoms with Gasteiger partial charge in [0, 0.05) is 20.6 Å². The summed E-state index contributed by atoms with van der Waals surface area (Å²) >= 11 is 6.13. The fraction of sp³-hybridized carbons (Fsp3) is 0.0625. The third kappa shape index (κ3) is 3.80. The quantitative estimate of drug-likeness (QED) is 0.624. The van der Waals surface area contributed by atoms with E-state index in [1.54, 1.807) is 11.8 Å². The zero-order valence-corrected chi connectivity index (χ0v) is 15.3. The predicted octanol–water partition coefficient (Wildman–Crippen LogP) is 4.94. The topological polar surface area (TPSA) is 54.9 Å². The molecule has 1 aromatic heterocycles. The van der Waals surface area contributed by atoms with Crippen LogP contribution in [-0.4, -0.2) is 21.7 Å². The summed E-state index contributed by atoms with van der Waals surface area (Å²) in [5, 5.41) is 7.01. The molecule has 2 aromatic carbocycles. The minimum atomic E-state index is -0.198. The molecule has 0 saturated carbocycles. The van der Waals surface area contributed by atoms with Gasteiger partial charge in [0.15, 0.2) is 0 Å². The van der Waals surface area contributed by atoms with E-state index in [0.29, 0.717) is 10.6 Å². The van der Waals surface area contributed by atoms with Gasteiger partial charge in [0.1, 0.15) is 10.6 Å². The first-order valence-corrected chi connectivity index (χ1v) is 9.50. The number of nitrogens with one attached hydrogen (secondary N) is 1. The first-order chi connectivity index (χ1) is 11.2. The molecule has 1 heterocycles. The van der Waals surface area contributed by atoms with Crippen molar-refractivity contribution in [2.75, 3.05) is 11.6 Å². The normalized spacial score (nSPS) is 10.5. The van der Waals surface area contributed by atoms with Crippen LogP contribution in [0, 0.1) is 0 Å². The fourth-order valence-corrected chi connectivity index (χ4v) is 3.33. The van der Waals surface area contributed by atoms with E-state index in [0.717, 1.165) is 32.2 Å². The summed E-state index contributed by atoms with van der Waals surface area (Å²) in [6, 6.07) is 15.4. The Labute approximate surface area is 150 Å². The molecule has 0 aliphatic rings. The maximum Gasteiger partial charge on any atom is 0.269 e. The van der Waals surface area contributed by atoms with Crippen LogP contribution in [0.4, 0.5) is 5.69 Å². The standard InChI is InChI=1S/C16H12BrN3OS2/c1-22-13-4-2-3-12(9-13)18-16(21)15-14(19-20-23-15)10-5-7-11(17)8-6-10/h2-9H,1H3,(H,18,21). The fourth-order valence-electron chi connectivity index (χ4n) is 2.02. The second kappa shape index (κ2) is 7.25. The highest BCUT2D eigenvalue weighted by Gasteiger charge is 2.18. The number of nitrogens with zero attached hydrogens (tertiary/aromatic N) is 2. The van der Waals surface area contributed by atoms with Crippen molar-refractivity contribution in [3.05, 3.63) is 57.9 Å². The first kappa shape index (κ1) is 16.2. The smallest absolute Gasteiger partial charge is 0.269 e. The van der Waals surface area contributed by atoms with Crippen LogP contribution < -0.4 is 5.32 Å². The summed E-state index contributed by atoms with van der Waals surface area (Å²) in [5.74, 6) is -0.198. The van der Waals surface area contributed by atoms with Gasteiger partial charge in [0.2, 0.25) is 0 Å². The van der Waals surface area contributed by atoms with Crippen LogP contribution in [0.2, 0.25) is 0 Å². The average Bonchev–Trinajstić information content (AvgIpc) is 3.05. The number of carbonyl (C=O) groups is 1. The van der Waals surface area contributed by atoms with Crippen LogP contribution >= 0.6 is 39.2 Å². The SMILES string of the molecule is CSc1cccc(NC(=O)c2snnc2-c2ccc(Br)cc2)c1. The number of rotatable bonds is 4. The van der Waals surface area contributed by atoms with Crippen LogP contribution in [0.3, 0.4) is 0 Å². The predicted molar refractivity (Wildman–Crippen MR) is 99.2 cm³/mol. The molecule has 116 valence electrons. The van der Waals surface area contributed by atoms with E-state index in [2.05, 4.69) is 30.8 Å². The zero-order valence-electron chi connectivity index (χ0n) is 12.1. The Kier molecular flexibility index (Phi) is 5.09. The maximum atomic E-state index is 12.5. The van der Waals surface area contributed by atoms with Crippen molar-refractivity contribution in [1.29, 1.82) is 0 Å². The second-order valence-electron chi connectivity index (χ2n) is 4.64. The van der Waals surface area contributed by atoms with Gasteiger partial charge >= 0.3 is 0 Å². The summed E-state index contributed by atoms with van der Waals surface area (Å²) in [7, 11) is 0. The number of carbonyl (C=O) groups excluding carboxylic acids is 1.